The Labute approximate surface area is 149 Å². The first-order chi connectivity index (χ1) is 12.2. The van der Waals surface area contributed by atoms with Gasteiger partial charge in [-0.1, -0.05) is 25.5 Å². The van der Waals surface area contributed by atoms with Gasteiger partial charge in [-0.25, -0.2) is 13.2 Å². The SMILES string of the molecule is CCC1CCC(/C(F)=C(\F)c2ccc(COCC(F)(F)F)c(F)c2)CC1. The summed E-state index contributed by atoms with van der Waals surface area (Å²) in [6, 6.07) is 3.06. The second kappa shape index (κ2) is 8.93. The van der Waals surface area contributed by atoms with Gasteiger partial charge in [0.25, 0.3) is 0 Å². The van der Waals surface area contributed by atoms with Crippen molar-refractivity contribution in [1.29, 1.82) is 0 Å². The van der Waals surface area contributed by atoms with Crippen LogP contribution in [0.1, 0.15) is 50.2 Å². The molecular formula is C19H22F6O. The van der Waals surface area contributed by atoms with Crippen molar-refractivity contribution in [3.8, 4) is 0 Å². The Kier molecular flexibility index (Phi) is 7.15. The summed E-state index contributed by atoms with van der Waals surface area (Å²) < 4.78 is 83.2. The summed E-state index contributed by atoms with van der Waals surface area (Å²) in [4.78, 5) is 0. The number of hydrogen-bond donors (Lipinski definition) is 0. The molecule has 0 heterocycles. The zero-order valence-corrected chi connectivity index (χ0v) is 14.5. The number of hydrogen-bond acceptors (Lipinski definition) is 1. The average Bonchev–Trinajstić information content (AvgIpc) is 2.61. The van der Waals surface area contributed by atoms with E-state index in [4.69, 9.17) is 0 Å². The van der Waals surface area contributed by atoms with E-state index in [0.717, 1.165) is 37.5 Å². The molecule has 0 aromatic heterocycles. The van der Waals surface area contributed by atoms with Crippen LogP contribution >= 0.6 is 0 Å². The van der Waals surface area contributed by atoms with Gasteiger partial charge in [0, 0.05) is 17.0 Å². The van der Waals surface area contributed by atoms with E-state index in [0.29, 0.717) is 18.8 Å². The highest BCUT2D eigenvalue weighted by atomic mass is 19.4. The van der Waals surface area contributed by atoms with Gasteiger partial charge in [-0.15, -0.1) is 0 Å². The first kappa shape index (κ1) is 20.8. The van der Waals surface area contributed by atoms with Crippen molar-refractivity contribution in [2.75, 3.05) is 6.61 Å². The van der Waals surface area contributed by atoms with E-state index >= 15 is 0 Å². The summed E-state index contributed by atoms with van der Waals surface area (Å²) in [7, 11) is 0. The van der Waals surface area contributed by atoms with Gasteiger partial charge in [-0.05, 0) is 37.7 Å². The number of benzene rings is 1. The van der Waals surface area contributed by atoms with Gasteiger partial charge < -0.3 is 4.74 Å². The Morgan fingerprint density at radius 1 is 1.12 bits per heavy atom. The number of rotatable bonds is 6. The lowest BCUT2D eigenvalue weighted by Gasteiger charge is -2.26. The fourth-order valence-electron chi connectivity index (χ4n) is 3.22. The van der Waals surface area contributed by atoms with Crippen LogP contribution in [0.2, 0.25) is 0 Å². The molecule has 1 aromatic rings. The molecule has 0 aliphatic heterocycles. The maximum Gasteiger partial charge on any atom is 0.411 e. The van der Waals surface area contributed by atoms with E-state index < -0.39 is 42.8 Å². The molecule has 0 radical (unpaired) electrons. The molecule has 1 fully saturated rings. The highest BCUT2D eigenvalue weighted by molar-refractivity contribution is 5.61. The molecular weight excluding hydrogens is 358 g/mol. The number of ether oxygens (including phenoxy) is 1. The lowest BCUT2D eigenvalue weighted by molar-refractivity contribution is -0.176. The third-order valence-electron chi connectivity index (χ3n) is 4.82. The van der Waals surface area contributed by atoms with E-state index in [-0.39, 0.29) is 11.1 Å². The van der Waals surface area contributed by atoms with Gasteiger partial charge >= 0.3 is 6.18 Å². The minimum atomic E-state index is -4.51. The molecule has 1 aliphatic rings. The summed E-state index contributed by atoms with van der Waals surface area (Å²) in [5, 5.41) is 0. The third kappa shape index (κ3) is 5.76. The Balaban J connectivity index is 2.04. The summed E-state index contributed by atoms with van der Waals surface area (Å²) >= 11 is 0. The van der Waals surface area contributed by atoms with Gasteiger partial charge in [-0.2, -0.15) is 13.2 Å². The van der Waals surface area contributed by atoms with Gasteiger partial charge in [-0.3, -0.25) is 0 Å². The van der Waals surface area contributed by atoms with Crippen LogP contribution in [-0.2, 0) is 11.3 Å². The molecule has 0 bridgehead atoms. The molecule has 2 rings (SSSR count). The maximum atomic E-state index is 14.4. The van der Waals surface area contributed by atoms with Crippen molar-refractivity contribution in [3.05, 3.63) is 41.0 Å². The summed E-state index contributed by atoms with van der Waals surface area (Å²) in [6.45, 7) is -0.0292. The van der Waals surface area contributed by atoms with Crippen LogP contribution in [0.5, 0.6) is 0 Å². The molecule has 146 valence electrons. The van der Waals surface area contributed by atoms with Crippen molar-refractivity contribution in [1.82, 2.24) is 0 Å². The smallest absolute Gasteiger partial charge is 0.367 e. The molecule has 0 atom stereocenters. The fourth-order valence-corrected chi connectivity index (χ4v) is 3.22. The van der Waals surface area contributed by atoms with Crippen molar-refractivity contribution >= 4 is 5.83 Å². The molecule has 7 heteroatoms. The Bertz CT molecular complexity index is 629. The Morgan fingerprint density at radius 3 is 2.31 bits per heavy atom. The normalized spacial score (nSPS) is 22.3. The maximum absolute atomic E-state index is 14.4. The molecule has 1 saturated carbocycles. The van der Waals surface area contributed by atoms with E-state index in [1.54, 1.807) is 0 Å². The van der Waals surface area contributed by atoms with Crippen molar-refractivity contribution < 1.29 is 31.1 Å². The van der Waals surface area contributed by atoms with E-state index in [1.807, 2.05) is 0 Å². The number of halogens is 6. The summed E-state index contributed by atoms with van der Waals surface area (Å²) in [5.41, 5.74) is -0.396. The third-order valence-corrected chi connectivity index (χ3v) is 4.82. The molecule has 1 aliphatic carbocycles. The molecule has 1 aromatic carbocycles. The molecule has 0 amide bonds. The van der Waals surface area contributed by atoms with Crippen LogP contribution in [0.3, 0.4) is 0 Å². The standard InChI is InChI=1S/C19H22F6O/c1-2-12-3-5-13(6-4-12)17(21)18(22)14-7-8-15(16(20)9-14)10-26-11-19(23,24)25/h7-9,12-13H,2-6,10-11H2,1H3/b18-17+. The minimum absolute atomic E-state index is 0.144. The Hall–Kier alpha value is -1.50. The highest BCUT2D eigenvalue weighted by Gasteiger charge is 2.28. The quantitative estimate of drug-likeness (QED) is 0.497. The molecule has 1 nitrogen and oxygen atoms in total. The zero-order chi connectivity index (χ0) is 19.3. The monoisotopic (exact) mass is 380 g/mol. The largest absolute Gasteiger partial charge is 0.411 e. The predicted molar refractivity (Wildman–Crippen MR) is 87.0 cm³/mol. The molecule has 0 unspecified atom stereocenters. The first-order valence-corrected chi connectivity index (χ1v) is 8.69. The van der Waals surface area contributed by atoms with Crippen LogP contribution in [0.15, 0.2) is 24.0 Å². The van der Waals surface area contributed by atoms with Gasteiger partial charge in [0.15, 0.2) is 5.83 Å². The topological polar surface area (TPSA) is 9.23 Å². The van der Waals surface area contributed by atoms with E-state index in [9.17, 15) is 26.3 Å². The van der Waals surface area contributed by atoms with E-state index in [2.05, 4.69) is 11.7 Å². The van der Waals surface area contributed by atoms with Crippen LogP contribution in [0.4, 0.5) is 26.3 Å². The molecule has 0 spiro atoms. The number of allylic oxidation sites excluding steroid dienone is 1. The molecule has 0 saturated heterocycles. The predicted octanol–water partition coefficient (Wildman–Crippen LogP) is 6.73. The lowest BCUT2D eigenvalue weighted by Crippen LogP contribution is -2.17. The average molecular weight is 380 g/mol. The van der Waals surface area contributed by atoms with Crippen LogP contribution in [0, 0.1) is 17.7 Å². The second-order valence-electron chi connectivity index (χ2n) is 6.70. The number of alkyl halides is 3. The van der Waals surface area contributed by atoms with Crippen LogP contribution < -0.4 is 0 Å². The van der Waals surface area contributed by atoms with Gasteiger partial charge in [0.05, 0.1) is 6.61 Å². The zero-order valence-electron chi connectivity index (χ0n) is 14.5. The summed E-state index contributed by atoms with van der Waals surface area (Å²) in [5.74, 6) is -2.87. The second-order valence-corrected chi connectivity index (χ2v) is 6.70. The van der Waals surface area contributed by atoms with Crippen molar-refractivity contribution in [2.45, 2.75) is 51.8 Å². The first-order valence-electron chi connectivity index (χ1n) is 8.69. The van der Waals surface area contributed by atoms with Crippen LogP contribution in [-0.4, -0.2) is 12.8 Å². The van der Waals surface area contributed by atoms with Gasteiger partial charge in [0.2, 0.25) is 0 Å². The molecule has 26 heavy (non-hydrogen) atoms. The lowest BCUT2D eigenvalue weighted by atomic mass is 9.80. The van der Waals surface area contributed by atoms with Crippen molar-refractivity contribution in [3.63, 3.8) is 0 Å². The van der Waals surface area contributed by atoms with Crippen molar-refractivity contribution in [2.24, 2.45) is 11.8 Å². The fraction of sp³-hybridized carbons (Fsp3) is 0.579. The summed E-state index contributed by atoms with van der Waals surface area (Å²) in [6.07, 6.45) is -0.695. The van der Waals surface area contributed by atoms with E-state index in [1.165, 1.54) is 0 Å². The molecule has 0 N–H and O–H groups in total. The minimum Gasteiger partial charge on any atom is -0.367 e. The van der Waals surface area contributed by atoms with Gasteiger partial charge in [0.1, 0.15) is 18.3 Å². The Morgan fingerprint density at radius 2 is 1.77 bits per heavy atom. The highest BCUT2D eigenvalue weighted by Crippen LogP contribution is 2.38. The van der Waals surface area contributed by atoms with Crippen LogP contribution in [0.25, 0.3) is 5.83 Å².